The van der Waals surface area contributed by atoms with Gasteiger partial charge in [0.05, 0.1) is 12.6 Å². The molecule has 5 heteroatoms. The van der Waals surface area contributed by atoms with Crippen LogP contribution in [-0.4, -0.2) is 49.5 Å². The highest BCUT2D eigenvalue weighted by Crippen LogP contribution is 2.36. The van der Waals surface area contributed by atoms with Crippen molar-refractivity contribution in [2.45, 2.75) is 13.0 Å². The van der Waals surface area contributed by atoms with Crippen LogP contribution in [-0.2, 0) is 0 Å². The number of benzene rings is 1. The molecule has 0 amide bonds. The lowest BCUT2D eigenvalue weighted by atomic mass is 10.0. The summed E-state index contributed by atoms with van der Waals surface area (Å²) in [5.74, 6) is 0.485. The second-order valence-corrected chi connectivity index (χ2v) is 4.58. The van der Waals surface area contributed by atoms with Crippen molar-refractivity contribution in [2.75, 3.05) is 39.5 Å². The maximum Gasteiger partial charge on any atom is 0.162 e. The number of phenolic OH excluding ortho intramolecular Hbond substituents is 1. The van der Waals surface area contributed by atoms with E-state index >= 15 is 0 Å². The molecule has 1 aliphatic heterocycles. The van der Waals surface area contributed by atoms with E-state index in [1.54, 1.807) is 18.2 Å². The van der Waals surface area contributed by atoms with E-state index < -0.39 is 12.7 Å². The molecular weight excluding hydrogens is 247 g/mol. The second-order valence-electron chi connectivity index (χ2n) is 4.58. The molecule has 1 saturated heterocycles. The maximum atomic E-state index is 13.4. The molecule has 0 radical (unpaired) electrons. The van der Waals surface area contributed by atoms with Crippen LogP contribution in [0.25, 0.3) is 0 Å². The smallest absolute Gasteiger partial charge is 0.162 e. The fourth-order valence-corrected chi connectivity index (χ4v) is 2.45. The SMILES string of the molecule is CCOc1cccc([C@H](CF)N2CCNCC2)c1O. The van der Waals surface area contributed by atoms with E-state index in [9.17, 15) is 9.50 Å². The summed E-state index contributed by atoms with van der Waals surface area (Å²) in [6.07, 6.45) is 0. The highest BCUT2D eigenvalue weighted by molar-refractivity contribution is 5.47. The molecule has 2 rings (SSSR count). The molecule has 0 aromatic heterocycles. The predicted molar refractivity (Wildman–Crippen MR) is 72.4 cm³/mol. The average molecular weight is 268 g/mol. The van der Waals surface area contributed by atoms with E-state index in [2.05, 4.69) is 10.2 Å². The maximum absolute atomic E-state index is 13.4. The van der Waals surface area contributed by atoms with Crippen molar-refractivity contribution in [3.05, 3.63) is 23.8 Å². The highest BCUT2D eigenvalue weighted by Gasteiger charge is 2.25. The number of halogens is 1. The van der Waals surface area contributed by atoms with Gasteiger partial charge in [0.1, 0.15) is 6.67 Å². The zero-order chi connectivity index (χ0) is 13.7. The number of phenols is 1. The van der Waals surface area contributed by atoms with Gasteiger partial charge < -0.3 is 15.2 Å². The van der Waals surface area contributed by atoms with Gasteiger partial charge in [0.2, 0.25) is 0 Å². The minimum atomic E-state index is -0.511. The minimum absolute atomic E-state index is 0.0607. The number of rotatable bonds is 5. The number of piperazine rings is 1. The Bertz CT molecular complexity index is 408. The lowest BCUT2D eigenvalue weighted by Gasteiger charge is -2.34. The number of aromatic hydroxyl groups is 1. The van der Waals surface area contributed by atoms with Gasteiger partial charge >= 0.3 is 0 Å². The van der Waals surface area contributed by atoms with Gasteiger partial charge in [0, 0.05) is 31.7 Å². The Kier molecular flexibility index (Phi) is 4.99. The number of ether oxygens (including phenoxy) is 1. The fourth-order valence-electron chi connectivity index (χ4n) is 2.45. The summed E-state index contributed by atoms with van der Waals surface area (Å²) in [5.41, 5.74) is 0.607. The van der Waals surface area contributed by atoms with E-state index in [4.69, 9.17) is 4.74 Å². The quantitative estimate of drug-likeness (QED) is 0.853. The molecule has 0 unspecified atom stereocenters. The van der Waals surface area contributed by atoms with Crippen LogP contribution >= 0.6 is 0 Å². The van der Waals surface area contributed by atoms with Crippen molar-refractivity contribution >= 4 is 0 Å². The van der Waals surface area contributed by atoms with Gasteiger partial charge in [0.15, 0.2) is 11.5 Å². The summed E-state index contributed by atoms with van der Waals surface area (Å²) in [6, 6.07) is 4.87. The molecule has 0 aliphatic carbocycles. The third-order valence-corrected chi connectivity index (χ3v) is 3.43. The molecule has 2 N–H and O–H groups in total. The van der Waals surface area contributed by atoms with Crippen molar-refractivity contribution in [2.24, 2.45) is 0 Å². The van der Waals surface area contributed by atoms with Crippen LogP contribution in [0.2, 0.25) is 0 Å². The van der Waals surface area contributed by atoms with Crippen molar-refractivity contribution in [1.29, 1.82) is 0 Å². The van der Waals surface area contributed by atoms with Crippen molar-refractivity contribution in [3.63, 3.8) is 0 Å². The number of nitrogens with zero attached hydrogens (tertiary/aromatic N) is 1. The molecule has 0 spiro atoms. The third-order valence-electron chi connectivity index (χ3n) is 3.43. The fraction of sp³-hybridized carbons (Fsp3) is 0.571. The van der Waals surface area contributed by atoms with Crippen molar-refractivity contribution in [3.8, 4) is 11.5 Å². The Labute approximate surface area is 113 Å². The first-order chi connectivity index (χ1) is 9.27. The molecule has 1 heterocycles. The van der Waals surface area contributed by atoms with Gasteiger partial charge in [-0.2, -0.15) is 0 Å². The summed E-state index contributed by atoms with van der Waals surface area (Å²) in [6.45, 7) is 5.09. The summed E-state index contributed by atoms with van der Waals surface area (Å²) in [4.78, 5) is 2.06. The molecule has 0 bridgehead atoms. The first-order valence-electron chi connectivity index (χ1n) is 6.73. The van der Waals surface area contributed by atoms with Crippen molar-refractivity contribution < 1.29 is 14.2 Å². The van der Waals surface area contributed by atoms with Gasteiger partial charge in [-0.3, -0.25) is 4.90 Å². The molecule has 1 atom stereocenters. The van der Waals surface area contributed by atoms with Crippen molar-refractivity contribution in [1.82, 2.24) is 10.2 Å². The summed E-state index contributed by atoms with van der Waals surface area (Å²) >= 11 is 0. The van der Waals surface area contributed by atoms with E-state index in [-0.39, 0.29) is 5.75 Å². The van der Waals surface area contributed by atoms with Gasteiger partial charge in [-0.25, -0.2) is 4.39 Å². The van der Waals surface area contributed by atoms with E-state index in [1.165, 1.54) is 0 Å². The predicted octanol–water partition coefficient (Wildman–Crippen LogP) is 1.71. The highest BCUT2D eigenvalue weighted by atomic mass is 19.1. The zero-order valence-electron chi connectivity index (χ0n) is 11.2. The van der Waals surface area contributed by atoms with Gasteiger partial charge in [0.25, 0.3) is 0 Å². The zero-order valence-corrected chi connectivity index (χ0v) is 11.2. The van der Waals surface area contributed by atoms with E-state index in [0.29, 0.717) is 17.9 Å². The lowest BCUT2D eigenvalue weighted by Crippen LogP contribution is -2.45. The monoisotopic (exact) mass is 268 g/mol. The molecule has 0 saturated carbocycles. The molecule has 1 aromatic rings. The van der Waals surface area contributed by atoms with Crippen LogP contribution in [0.1, 0.15) is 18.5 Å². The lowest BCUT2D eigenvalue weighted by molar-refractivity contribution is 0.144. The molecule has 1 aromatic carbocycles. The molecular formula is C14H21FN2O2. The van der Waals surface area contributed by atoms with Crippen LogP contribution in [0, 0.1) is 0 Å². The Balaban J connectivity index is 2.24. The topological polar surface area (TPSA) is 44.7 Å². The van der Waals surface area contributed by atoms with Gasteiger partial charge in [-0.15, -0.1) is 0 Å². The van der Waals surface area contributed by atoms with E-state index in [0.717, 1.165) is 26.2 Å². The molecule has 106 valence electrons. The number of hydrogen-bond donors (Lipinski definition) is 2. The Morgan fingerprint density at radius 2 is 2.16 bits per heavy atom. The third kappa shape index (κ3) is 3.16. The summed E-state index contributed by atoms with van der Waals surface area (Å²) < 4.78 is 18.8. The largest absolute Gasteiger partial charge is 0.504 e. The number of hydrogen-bond acceptors (Lipinski definition) is 4. The first kappa shape index (κ1) is 14.1. The molecule has 19 heavy (non-hydrogen) atoms. The number of para-hydroxylation sites is 1. The Morgan fingerprint density at radius 1 is 1.42 bits per heavy atom. The van der Waals surface area contributed by atoms with Crippen LogP contribution in [0.4, 0.5) is 4.39 Å². The van der Waals surface area contributed by atoms with E-state index in [1.807, 2.05) is 6.92 Å². The summed E-state index contributed by atoms with van der Waals surface area (Å²) in [7, 11) is 0. The Morgan fingerprint density at radius 3 is 2.79 bits per heavy atom. The number of nitrogens with one attached hydrogen (secondary N) is 1. The molecule has 1 aliphatic rings. The minimum Gasteiger partial charge on any atom is -0.504 e. The second kappa shape index (κ2) is 6.73. The van der Waals surface area contributed by atoms with Crippen LogP contribution < -0.4 is 10.1 Å². The number of alkyl halides is 1. The van der Waals surface area contributed by atoms with Gasteiger partial charge in [-0.05, 0) is 13.0 Å². The molecule has 1 fully saturated rings. The standard InChI is InChI=1S/C14H21FN2O2/c1-2-19-13-5-3-4-11(14(13)18)12(10-15)17-8-6-16-7-9-17/h3-5,12,16,18H,2,6-10H2,1H3/t12-/m0/s1. The normalized spacial score (nSPS) is 18.2. The van der Waals surface area contributed by atoms with Crippen LogP contribution in [0.15, 0.2) is 18.2 Å². The Hall–Kier alpha value is -1.33. The van der Waals surface area contributed by atoms with Crippen LogP contribution in [0.5, 0.6) is 11.5 Å². The summed E-state index contributed by atoms with van der Waals surface area (Å²) in [5, 5.41) is 13.5. The van der Waals surface area contributed by atoms with Crippen LogP contribution in [0.3, 0.4) is 0 Å². The average Bonchev–Trinajstić information content (AvgIpc) is 2.45. The van der Waals surface area contributed by atoms with Gasteiger partial charge in [-0.1, -0.05) is 12.1 Å². The first-order valence-corrected chi connectivity index (χ1v) is 6.73. The molecule has 4 nitrogen and oxygen atoms in total.